The normalized spacial score (nSPS) is 43.2. The highest BCUT2D eigenvalue weighted by Crippen LogP contribution is 2.39. The van der Waals surface area contributed by atoms with Crippen LogP contribution in [0.25, 0.3) is 0 Å². The van der Waals surface area contributed by atoms with Gasteiger partial charge in [0.25, 0.3) is 0 Å². The van der Waals surface area contributed by atoms with Gasteiger partial charge in [0.15, 0.2) is 0 Å². The monoisotopic (exact) mass is 284 g/mol. The van der Waals surface area contributed by atoms with Gasteiger partial charge in [-0.2, -0.15) is 0 Å². The molecule has 0 amide bonds. The van der Waals surface area contributed by atoms with E-state index in [2.05, 4.69) is 48.6 Å². The molecule has 0 radical (unpaired) electrons. The van der Waals surface area contributed by atoms with Crippen molar-refractivity contribution >= 4 is 0 Å². The molecule has 6 atom stereocenters. The van der Waals surface area contributed by atoms with E-state index in [0.717, 1.165) is 12.8 Å². The fraction of sp³-hybridized carbons (Fsp3) is 0.579. The Hall–Kier alpha value is -1.12. The van der Waals surface area contributed by atoms with Crippen LogP contribution in [0.2, 0.25) is 0 Å². The zero-order valence-corrected chi connectivity index (χ0v) is 12.4. The summed E-state index contributed by atoms with van der Waals surface area (Å²) in [6.07, 6.45) is 23.4. The van der Waals surface area contributed by atoms with E-state index >= 15 is 0 Å². The zero-order valence-electron chi connectivity index (χ0n) is 12.4. The van der Waals surface area contributed by atoms with Crippen LogP contribution in [-0.2, 0) is 9.47 Å². The summed E-state index contributed by atoms with van der Waals surface area (Å²) in [5.41, 5.74) is 0. The second-order valence-corrected chi connectivity index (χ2v) is 6.70. The van der Waals surface area contributed by atoms with Crippen molar-refractivity contribution in [1.82, 2.24) is 0 Å². The molecule has 0 spiro atoms. The van der Waals surface area contributed by atoms with Crippen molar-refractivity contribution < 1.29 is 9.47 Å². The SMILES string of the molecule is C1=CC2CCC(OCOC3CCC4C=CC=CC43)C2C=C1. The summed E-state index contributed by atoms with van der Waals surface area (Å²) in [6, 6.07) is 0. The quantitative estimate of drug-likeness (QED) is 0.726. The number of hydrogen-bond acceptors (Lipinski definition) is 2. The van der Waals surface area contributed by atoms with E-state index in [0.29, 0.717) is 42.7 Å². The molecule has 2 fully saturated rings. The van der Waals surface area contributed by atoms with Crippen molar-refractivity contribution in [3.63, 3.8) is 0 Å². The number of ether oxygens (including phenoxy) is 2. The van der Waals surface area contributed by atoms with Crippen molar-refractivity contribution in [1.29, 1.82) is 0 Å². The van der Waals surface area contributed by atoms with Crippen LogP contribution in [0.4, 0.5) is 0 Å². The molecule has 0 saturated heterocycles. The maximum Gasteiger partial charge on any atom is 0.147 e. The lowest BCUT2D eigenvalue weighted by Gasteiger charge is -2.25. The van der Waals surface area contributed by atoms with E-state index in [1.54, 1.807) is 0 Å². The Morgan fingerprint density at radius 1 is 0.619 bits per heavy atom. The Morgan fingerprint density at radius 3 is 1.62 bits per heavy atom. The summed E-state index contributed by atoms with van der Waals surface area (Å²) in [4.78, 5) is 0. The van der Waals surface area contributed by atoms with Crippen LogP contribution in [0, 0.1) is 23.7 Å². The Morgan fingerprint density at radius 2 is 1.10 bits per heavy atom. The molecular weight excluding hydrogens is 260 g/mol. The molecule has 4 rings (SSSR count). The predicted molar refractivity (Wildman–Crippen MR) is 83.6 cm³/mol. The topological polar surface area (TPSA) is 18.5 Å². The molecule has 0 aliphatic heterocycles. The maximum atomic E-state index is 6.06. The molecule has 6 unspecified atom stereocenters. The first kappa shape index (κ1) is 13.5. The first-order valence-corrected chi connectivity index (χ1v) is 8.35. The van der Waals surface area contributed by atoms with Crippen LogP contribution in [0.1, 0.15) is 25.7 Å². The smallest absolute Gasteiger partial charge is 0.147 e. The molecule has 21 heavy (non-hydrogen) atoms. The minimum atomic E-state index is 0.343. The van der Waals surface area contributed by atoms with Crippen LogP contribution in [0.15, 0.2) is 48.6 Å². The molecule has 0 aromatic carbocycles. The van der Waals surface area contributed by atoms with Crippen molar-refractivity contribution in [2.75, 3.05) is 6.79 Å². The number of fused-ring (bicyclic) bond motifs is 2. The van der Waals surface area contributed by atoms with E-state index in [4.69, 9.17) is 9.47 Å². The second-order valence-electron chi connectivity index (χ2n) is 6.70. The number of allylic oxidation sites excluding steroid dienone is 6. The van der Waals surface area contributed by atoms with Crippen LogP contribution in [0.3, 0.4) is 0 Å². The molecule has 0 bridgehead atoms. The summed E-state index contributed by atoms with van der Waals surface area (Å²) in [7, 11) is 0. The number of rotatable bonds is 4. The molecule has 0 aromatic heterocycles. The third-order valence-corrected chi connectivity index (χ3v) is 5.59. The molecular formula is C19H24O2. The molecule has 0 heterocycles. The largest absolute Gasteiger partial charge is 0.352 e. The average Bonchev–Trinajstić information content (AvgIpc) is 3.13. The molecule has 0 aromatic rings. The Bertz CT molecular complexity index is 444. The van der Waals surface area contributed by atoms with Gasteiger partial charge in [-0.3, -0.25) is 0 Å². The molecule has 112 valence electrons. The average molecular weight is 284 g/mol. The van der Waals surface area contributed by atoms with Gasteiger partial charge < -0.3 is 9.47 Å². The molecule has 4 aliphatic rings. The third kappa shape index (κ3) is 2.67. The Balaban J connectivity index is 1.27. The van der Waals surface area contributed by atoms with E-state index in [-0.39, 0.29) is 0 Å². The van der Waals surface area contributed by atoms with Gasteiger partial charge in [0.1, 0.15) is 6.79 Å². The lowest BCUT2D eigenvalue weighted by atomic mass is 9.91. The van der Waals surface area contributed by atoms with Crippen molar-refractivity contribution in [2.45, 2.75) is 37.9 Å². The Kier molecular flexibility index (Phi) is 3.83. The fourth-order valence-corrected chi connectivity index (χ4v) is 4.42. The van der Waals surface area contributed by atoms with Crippen LogP contribution >= 0.6 is 0 Å². The summed E-state index contributed by atoms with van der Waals surface area (Å²) >= 11 is 0. The molecule has 0 N–H and O–H groups in total. The van der Waals surface area contributed by atoms with E-state index < -0.39 is 0 Å². The van der Waals surface area contributed by atoms with Crippen LogP contribution < -0.4 is 0 Å². The summed E-state index contributed by atoms with van der Waals surface area (Å²) in [5, 5.41) is 0. The van der Waals surface area contributed by atoms with Gasteiger partial charge in [-0.05, 0) is 37.5 Å². The molecule has 4 aliphatic carbocycles. The van der Waals surface area contributed by atoms with E-state index in [1.807, 2.05) is 0 Å². The fourth-order valence-electron chi connectivity index (χ4n) is 4.42. The highest BCUT2D eigenvalue weighted by atomic mass is 16.7. The van der Waals surface area contributed by atoms with Crippen LogP contribution in [-0.4, -0.2) is 19.0 Å². The lowest BCUT2D eigenvalue weighted by Crippen LogP contribution is -2.26. The van der Waals surface area contributed by atoms with Gasteiger partial charge >= 0.3 is 0 Å². The first-order valence-electron chi connectivity index (χ1n) is 8.35. The van der Waals surface area contributed by atoms with Gasteiger partial charge in [0.05, 0.1) is 12.2 Å². The van der Waals surface area contributed by atoms with Crippen molar-refractivity contribution in [3.8, 4) is 0 Å². The highest BCUT2D eigenvalue weighted by Gasteiger charge is 2.36. The van der Waals surface area contributed by atoms with Gasteiger partial charge in [0, 0.05) is 11.8 Å². The predicted octanol–water partition coefficient (Wildman–Crippen LogP) is 4.02. The highest BCUT2D eigenvalue weighted by molar-refractivity contribution is 5.18. The minimum Gasteiger partial charge on any atom is -0.352 e. The lowest BCUT2D eigenvalue weighted by molar-refractivity contribution is -0.128. The van der Waals surface area contributed by atoms with Gasteiger partial charge in [-0.15, -0.1) is 0 Å². The molecule has 2 nitrogen and oxygen atoms in total. The first-order chi connectivity index (χ1) is 10.4. The third-order valence-electron chi connectivity index (χ3n) is 5.59. The van der Waals surface area contributed by atoms with Crippen molar-refractivity contribution in [2.24, 2.45) is 23.7 Å². The number of hydrogen-bond donors (Lipinski definition) is 0. The summed E-state index contributed by atoms with van der Waals surface area (Å²) in [5.74, 6) is 2.49. The van der Waals surface area contributed by atoms with Gasteiger partial charge in [0.2, 0.25) is 0 Å². The minimum absolute atomic E-state index is 0.343. The molecule has 2 heteroatoms. The van der Waals surface area contributed by atoms with Gasteiger partial charge in [-0.25, -0.2) is 0 Å². The van der Waals surface area contributed by atoms with E-state index in [9.17, 15) is 0 Å². The summed E-state index contributed by atoms with van der Waals surface area (Å²) < 4.78 is 12.1. The summed E-state index contributed by atoms with van der Waals surface area (Å²) in [6.45, 7) is 0.455. The van der Waals surface area contributed by atoms with Crippen LogP contribution in [0.5, 0.6) is 0 Å². The second kappa shape index (κ2) is 5.94. The van der Waals surface area contributed by atoms with E-state index in [1.165, 1.54) is 12.8 Å². The maximum absolute atomic E-state index is 6.06. The van der Waals surface area contributed by atoms with Gasteiger partial charge in [-0.1, -0.05) is 48.6 Å². The standard InChI is InChI=1S/C19H24O2/c1-3-7-16-14(5-1)9-11-18(16)20-13-21-19-12-10-15-6-2-4-8-17(15)19/h1-8,14-19H,9-13H2. The Labute approximate surface area is 127 Å². The molecule has 2 saturated carbocycles. The zero-order chi connectivity index (χ0) is 14.1. The van der Waals surface area contributed by atoms with Crippen molar-refractivity contribution in [3.05, 3.63) is 48.6 Å².